The molecule has 1 fully saturated rings. The van der Waals surface area contributed by atoms with Gasteiger partial charge in [-0.25, -0.2) is 4.79 Å². The van der Waals surface area contributed by atoms with Crippen LogP contribution in [-0.2, 0) is 4.74 Å². The van der Waals surface area contributed by atoms with Gasteiger partial charge in [-0.15, -0.1) is 22.9 Å². The lowest BCUT2D eigenvalue weighted by molar-refractivity contribution is 0.0797. The van der Waals surface area contributed by atoms with E-state index in [0.29, 0.717) is 19.7 Å². The van der Waals surface area contributed by atoms with Crippen molar-refractivity contribution in [2.24, 2.45) is 0 Å². The molecule has 106 valence electrons. The van der Waals surface area contributed by atoms with E-state index in [0.717, 1.165) is 19.6 Å². The molecule has 1 atom stereocenters. The Bertz CT molecular complexity index is 391. The van der Waals surface area contributed by atoms with Crippen molar-refractivity contribution in [3.63, 3.8) is 0 Å². The van der Waals surface area contributed by atoms with Crippen LogP contribution in [0.2, 0.25) is 0 Å². The highest BCUT2D eigenvalue weighted by atomic mass is 35.5. The maximum atomic E-state index is 11.6. The molecule has 1 saturated heterocycles. The van der Waals surface area contributed by atoms with Crippen LogP contribution in [0.1, 0.15) is 17.2 Å². The summed E-state index contributed by atoms with van der Waals surface area (Å²) in [4.78, 5) is 16.8. The topological polar surface area (TPSA) is 32.8 Å². The summed E-state index contributed by atoms with van der Waals surface area (Å²) in [7, 11) is 0. The number of amides is 1. The van der Waals surface area contributed by atoms with Gasteiger partial charge in [0.25, 0.3) is 0 Å². The van der Waals surface area contributed by atoms with Crippen LogP contribution in [0.15, 0.2) is 17.5 Å². The quantitative estimate of drug-likeness (QED) is 0.802. The van der Waals surface area contributed by atoms with E-state index in [1.54, 1.807) is 16.2 Å². The van der Waals surface area contributed by atoms with E-state index < -0.39 is 0 Å². The van der Waals surface area contributed by atoms with Gasteiger partial charge in [-0.3, -0.25) is 4.90 Å². The maximum absolute atomic E-state index is 11.6. The molecule has 0 aromatic carbocycles. The number of halogens is 1. The van der Waals surface area contributed by atoms with Gasteiger partial charge in [0, 0.05) is 37.6 Å². The van der Waals surface area contributed by atoms with Gasteiger partial charge in [0.05, 0.1) is 12.0 Å². The Morgan fingerprint density at radius 2 is 2.21 bits per heavy atom. The molecular weight excluding hydrogens is 284 g/mol. The molecule has 1 aliphatic heterocycles. The van der Waals surface area contributed by atoms with E-state index in [1.807, 2.05) is 18.4 Å². The number of carbonyl (C=O) groups excluding carboxylic acids is 1. The Kier molecular flexibility index (Phi) is 5.48. The molecule has 4 nitrogen and oxygen atoms in total. The molecule has 0 spiro atoms. The van der Waals surface area contributed by atoms with Crippen LogP contribution in [0.25, 0.3) is 0 Å². The molecule has 0 saturated carbocycles. The van der Waals surface area contributed by atoms with Gasteiger partial charge >= 0.3 is 6.09 Å². The summed E-state index contributed by atoms with van der Waals surface area (Å²) in [5.41, 5.74) is 0. The lowest BCUT2D eigenvalue weighted by atomic mass is 10.2. The van der Waals surface area contributed by atoms with E-state index in [9.17, 15) is 4.79 Å². The predicted octanol–water partition coefficient (Wildman–Crippen LogP) is 2.80. The number of hydrogen-bond donors (Lipinski definition) is 0. The molecule has 19 heavy (non-hydrogen) atoms. The highest BCUT2D eigenvalue weighted by Crippen LogP contribution is 2.26. The minimum Gasteiger partial charge on any atom is -0.450 e. The molecule has 1 aliphatic rings. The molecule has 0 aliphatic carbocycles. The largest absolute Gasteiger partial charge is 0.450 e. The summed E-state index contributed by atoms with van der Waals surface area (Å²) in [6, 6.07) is 4.09. The minimum atomic E-state index is -0.206. The van der Waals surface area contributed by atoms with Crippen molar-refractivity contribution in [3.8, 4) is 0 Å². The monoisotopic (exact) mass is 302 g/mol. The smallest absolute Gasteiger partial charge is 0.409 e. The molecule has 2 heterocycles. The second-order valence-corrected chi connectivity index (χ2v) is 5.98. The first-order chi connectivity index (χ1) is 9.20. The molecule has 1 aromatic heterocycles. The zero-order valence-corrected chi connectivity index (χ0v) is 12.6. The van der Waals surface area contributed by atoms with Crippen molar-refractivity contribution < 1.29 is 9.53 Å². The third kappa shape index (κ3) is 4.09. The Morgan fingerprint density at radius 1 is 1.47 bits per heavy atom. The zero-order valence-electron chi connectivity index (χ0n) is 11.0. The molecule has 0 radical (unpaired) electrons. The Morgan fingerprint density at radius 3 is 2.79 bits per heavy atom. The molecule has 0 N–H and O–H groups in total. The van der Waals surface area contributed by atoms with Crippen LogP contribution in [0, 0.1) is 0 Å². The van der Waals surface area contributed by atoms with Crippen LogP contribution in [0.4, 0.5) is 4.79 Å². The number of thiophene rings is 1. The summed E-state index contributed by atoms with van der Waals surface area (Å²) in [5, 5.41) is 2.08. The van der Waals surface area contributed by atoms with Gasteiger partial charge in [-0.2, -0.15) is 0 Å². The SMILES string of the molecule is CCOC(=O)N1CCN(CC(Cl)c2cccs2)CC1. The fourth-order valence-electron chi connectivity index (χ4n) is 2.11. The number of nitrogens with zero attached hydrogens (tertiary/aromatic N) is 2. The van der Waals surface area contributed by atoms with Crippen LogP contribution in [0.3, 0.4) is 0 Å². The Hall–Kier alpha value is -0.780. The molecule has 1 aromatic rings. The number of hydrogen-bond acceptors (Lipinski definition) is 4. The van der Waals surface area contributed by atoms with Gasteiger partial charge in [0.1, 0.15) is 0 Å². The summed E-state index contributed by atoms with van der Waals surface area (Å²) in [6.45, 7) is 6.23. The van der Waals surface area contributed by atoms with Crippen molar-refractivity contribution in [3.05, 3.63) is 22.4 Å². The van der Waals surface area contributed by atoms with E-state index >= 15 is 0 Å². The fourth-order valence-corrected chi connectivity index (χ4v) is 3.23. The van der Waals surface area contributed by atoms with Crippen molar-refractivity contribution in [1.29, 1.82) is 0 Å². The zero-order chi connectivity index (χ0) is 13.7. The third-order valence-electron chi connectivity index (χ3n) is 3.17. The predicted molar refractivity (Wildman–Crippen MR) is 77.9 cm³/mol. The van der Waals surface area contributed by atoms with Crippen LogP contribution in [0.5, 0.6) is 0 Å². The standard InChI is InChI=1S/C13H19ClN2O2S/c1-2-18-13(17)16-7-5-15(6-8-16)10-11(14)12-4-3-9-19-12/h3-4,9,11H,2,5-8,10H2,1H3. The molecule has 1 unspecified atom stereocenters. The first-order valence-electron chi connectivity index (χ1n) is 6.52. The molecule has 2 rings (SSSR count). The Balaban J connectivity index is 1.76. The number of piperazine rings is 1. The summed E-state index contributed by atoms with van der Waals surface area (Å²) >= 11 is 8.08. The average molecular weight is 303 g/mol. The number of alkyl halides is 1. The lowest BCUT2D eigenvalue weighted by Gasteiger charge is -2.34. The van der Waals surface area contributed by atoms with Crippen molar-refractivity contribution in [2.45, 2.75) is 12.3 Å². The molecule has 6 heteroatoms. The summed E-state index contributed by atoms with van der Waals surface area (Å²) in [6.07, 6.45) is -0.206. The second kappa shape index (κ2) is 7.12. The molecule has 0 bridgehead atoms. The highest BCUT2D eigenvalue weighted by molar-refractivity contribution is 7.10. The van der Waals surface area contributed by atoms with Gasteiger partial charge in [-0.1, -0.05) is 6.07 Å². The Labute approximate surface area is 122 Å². The third-order valence-corrected chi connectivity index (χ3v) is 4.66. The minimum absolute atomic E-state index is 0.0362. The van der Waals surface area contributed by atoms with Crippen molar-refractivity contribution in [1.82, 2.24) is 9.80 Å². The second-order valence-electron chi connectivity index (χ2n) is 4.47. The summed E-state index contributed by atoms with van der Waals surface area (Å²) < 4.78 is 5.00. The van der Waals surface area contributed by atoms with Crippen LogP contribution in [-0.4, -0.2) is 55.2 Å². The van der Waals surface area contributed by atoms with Gasteiger partial charge in [-0.05, 0) is 18.4 Å². The highest BCUT2D eigenvalue weighted by Gasteiger charge is 2.23. The van der Waals surface area contributed by atoms with E-state index in [1.165, 1.54) is 4.88 Å². The lowest BCUT2D eigenvalue weighted by Crippen LogP contribution is -2.49. The van der Waals surface area contributed by atoms with Crippen molar-refractivity contribution in [2.75, 3.05) is 39.3 Å². The maximum Gasteiger partial charge on any atom is 0.409 e. The van der Waals surface area contributed by atoms with Crippen molar-refractivity contribution >= 4 is 29.0 Å². The number of rotatable bonds is 4. The normalized spacial score (nSPS) is 18.3. The number of carbonyl (C=O) groups is 1. The van der Waals surface area contributed by atoms with Crippen LogP contribution >= 0.6 is 22.9 Å². The molecule has 1 amide bonds. The van der Waals surface area contributed by atoms with E-state index in [2.05, 4.69) is 11.0 Å². The first-order valence-corrected chi connectivity index (χ1v) is 7.84. The van der Waals surface area contributed by atoms with Crippen LogP contribution < -0.4 is 0 Å². The average Bonchev–Trinajstić information content (AvgIpc) is 2.94. The first kappa shape index (κ1) is 14.6. The van der Waals surface area contributed by atoms with Gasteiger partial charge in [0.15, 0.2) is 0 Å². The number of ether oxygens (including phenoxy) is 1. The van der Waals surface area contributed by atoms with E-state index in [4.69, 9.17) is 16.3 Å². The summed E-state index contributed by atoms with van der Waals surface area (Å²) in [5.74, 6) is 0. The van der Waals surface area contributed by atoms with Gasteiger partial charge in [0.2, 0.25) is 0 Å². The van der Waals surface area contributed by atoms with Gasteiger partial charge < -0.3 is 9.64 Å². The fraction of sp³-hybridized carbons (Fsp3) is 0.615. The van der Waals surface area contributed by atoms with E-state index in [-0.39, 0.29) is 11.5 Å². The molecular formula is C13H19ClN2O2S.